The van der Waals surface area contributed by atoms with Gasteiger partial charge in [0.25, 0.3) is 0 Å². The van der Waals surface area contributed by atoms with Crippen LogP contribution in [-0.4, -0.2) is 52.9 Å². The molecule has 1 aliphatic rings. The highest BCUT2D eigenvalue weighted by atomic mass is 16.3. The average molecular weight is 278 g/mol. The number of benzene rings is 1. The molecule has 1 saturated heterocycles. The monoisotopic (exact) mass is 278 g/mol. The Balaban J connectivity index is 1.82. The summed E-state index contributed by atoms with van der Waals surface area (Å²) in [6.07, 6.45) is 0.635. The van der Waals surface area contributed by atoms with E-state index >= 15 is 0 Å². The number of anilines is 1. The Bertz CT molecular complexity index is 437. The van der Waals surface area contributed by atoms with Crippen LogP contribution in [0.1, 0.15) is 18.9 Å². The van der Waals surface area contributed by atoms with Gasteiger partial charge >= 0.3 is 0 Å². The van der Waals surface area contributed by atoms with E-state index < -0.39 is 12.2 Å². The molecular formula is C15H22N2O3. The number of nitrogens with zero attached hydrogens (tertiary/aromatic N) is 1. The Morgan fingerprint density at radius 2 is 1.85 bits per heavy atom. The van der Waals surface area contributed by atoms with E-state index in [4.69, 9.17) is 0 Å². The summed E-state index contributed by atoms with van der Waals surface area (Å²) in [5, 5.41) is 21.7. The zero-order valence-corrected chi connectivity index (χ0v) is 11.7. The summed E-state index contributed by atoms with van der Waals surface area (Å²) in [5.74, 6) is -0.130. The Kier molecular flexibility index (Phi) is 5.11. The van der Waals surface area contributed by atoms with Crippen LogP contribution in [0.3, 0.4) is 0 Å². The lowest BCUT2D eigenvalue weighted by Gasteiger charge is -2.14. The summed E-state index contributed by atoms with van der Waals surface area (Å²) < 4.78 is 0. The van der Waals surface area contributed by atoms with Crippen molar-refractivity contribution in [2.24, 2.45) is 0 Å². The molecule has 0 aliphatic carbocycles. The van der Waals surface area contributed by atoms with Crippen LogP contribution < -0.4 is 5.32 Å². The predicted molar refractivity (Wildman–Crippen MR) is 77.5 cm³/mol. The van der Waals surface area contributed by atoms with Crippen LogP contribution in [0.5, 0.6) is 0 Å². The lowest BCUT2D eigenvalue weighted by molar-refractivity contribution is -0.117. The van der Waals surface area contributed by atoms with Crippen molar-refractivity contribution in [3.05, 3.63) is 29.8 Å². The van der Waals surface area contributed by atoms with Gasteiger partial charge in [-0.1, -0.05) is 25.5 Å². The fourth-order valence-corrected chi connectivity index (χ4v) is 2.42. The average Bonchev–Trinajstić information content (AvgIpc) is 2.71. The molecule has 2 unspecified atom stereocenters. The van der Waals surface area contributed by atoms with E-state index in [-0.39, 0.29) is 12.5 Å². The summed E-state index contributed by atoms with van der Waals surface area (Å²) in [6.45, 7) is 2.99. The number of hydrogen-bond acceptors (Lipinski definition) is 4. The number of carbonyl (C=O) groups is 1. The largest absolute Gasteiger partial charge is 0.389 e. The molecule has 1 aromatic carbocycles. The maximum absolute atomic E-state index is 11.9. The first-order chi connectivity index (χ1) is 9.58. The number of aryl methyl sites for hydroxylation is 1. The third-order valence-electron chi connectivity index (χ3n) is 3.48. The second kappa shape index (κ2) is 6.83. The van der Waals surface area contributed by atoms with Crippen molar-refractivity contribution in [1.29, 1.82) is 0 Å². The molecule has 1 fully saturated rings. The van der Waals surface area contributed by atoms with Gasteiger partial charge in [0.2, 0.25) is 5.91 Å². The van der Waals surface area contributed by atoms with Gasteiger partial charge in [-0.25, -0.2) is 0 Å². The fourth-order valence-electron chi connectivity index (χ4n) is 2.42. The minimum Gasteiger partial charge on any atom is -0.389 e. The molecule has 1 aliphatic heterocycles. The molecule has 5 heteroatoms. The molecule has 1 heterocycles. The van der Waals surface area contributed by atoms with E-state index in [1.165, 1.54) is 5.56 Å². The van der Waals surface area contributed by atoms with Gasteiger partial charge in [0.1, 0.15) is 0 Å². The first-order valence-corrected chi connectivity index (χ1v) is 7.05. The van der Waals surface area contributed by atoms with Gasteiger partial charge in [0, 0.05) is 18.8 Å². The fraction of sp³-hybridized carbons (Fsp3) is 0.533. The van der Waals surface area contributed by atoms with Crippen LogP contribution in [0.15, 0.2) is 24.3 Å². The number of aliphatic hydroxyl groups is 2. The van der Waals surface area contributed by atoms with Crippen LogP contribution in [0.25, 0.3) is 0 Å². The number of likely N-dealkylation sites (tertiary alicyclic amines) is 1. The van der Waals surface area contributed by atoms with Gasteiger partial charge in [-0.15, -0.1) is 0 Å². The number of hydrogen-bond donors (Lipinski definition) is 3. The van der Waals surface area contributed by atoms with Crippen LogP contribution >= 0.6 is 0 Å². The second-order valence-corrected chi connectivity index (χ2v) is 5.32. The summed E-state index contributed by atoms with van der Waals surface area (Å²) in [4.78, 5) is 13.6. The van der Waals surface area contributed by atoms with Crippen molar-refractivity contribution in [2.75, 3.05) is 25.0 Å². The lowest BCUT2D eigenvalue weighted by Crippen LogP contribution is -2.32. The van der Waals surface area contributed by atoms with Crippen molar-refractivity contribution in [3.8, 4) is 0 Å². The van der Waals surface area contributed by atoms with E-state index in [1.54, 1.807) is 4.90 Å². The molecule has 3 N–H and O–H groups in total. The zero-order valence-electron chi connectivity index (χ0n) is 11.7. The van der Waals surface area contributed by atoms with Crippen molar-refractivity contribution >= 4 is 11.6 Å². The number of amides is 1. The van der Waals surface area contributed by atoms with Gasteiger partial charge in [-0.2, -0.15) is 0 Å². The van der Waals surface area contributed by atoms with E-state index in [0.29, 0.717) is 13.1 Å². The molecule has 2 rings (SSSR count). The van der Waals surface area contributed by atoms with Crippen LogP contribution in [-0.2, 0) is 11.2 Å². The van der Waals surface area contributed by atoms with E-state index in [0.717, 1.165) is 18.5 Å². The highest BCUT2D eigenvalue weighted by Gasteiger charge is 2.30. The number of aliphatic hydroxyl groups excluding tert-OH is 2. The predicted octanol–water partition coefficient (Wildman–Crippen LogP) is 0.615. The SMILES string of the molecule is CCCc1ccc(NC(=O)CN2CC(O)C(O)C2)cc1. The highest BCUT2D eigenvalue weighted by Crippen LogP contribution is 2.12. The van der Waals surface area contributed by atoms with Crippen molar-refractivity contribution in [3.63, 3.8) is 0 Å². The molecule has 0 bridgehead atoms. The normalized spacial score (nSPS) is 22.9. The van der Waals surface area contributed by atoms with Crippen molar-refractivity contribution < 1.29 is 15.0 Å². The third kappa shape index (κ3) is 4.03. The maximum Gasteiger partial charge on any atom is 0.238 e. The van der Waals surface area contributed by atoms with E-state index in [1.807, 2.05) is 24.3 Å². The summed E-state index contributed by atoms with van der Waals surface area (Å²) in [5.41, 5.74) is 2.03. The van der Waals surface area contributed by atoms with Crippen LogP contribution in [0.4, 0.5) is 5.69 Å². The molecule has 110 valence electrons. The molecule has 2 atom stereocenters. The summed E-state index contributed by atoms with van der Waals surface area (Å²) in [6, 6.07) is 7.83. The van der Waals surface area contributed by atoms with Crippen molar-refractivity contribution in [2.45, 2.75) is 32.0 Å². The minimum absolute atomic E-state index is 0.130. The first kappa shape index (κ1) is 15.0. The molecule has 20 heavy (non-hydrogen) atoms. The molecular weight excluding hydrogens is 256 g/mol. The molecule has 5 nitrogen and oxygen atoms in total. The number of carbonyl (C=O) groups excluding carboxylic acids is 1. The van der Waals surface area contributed by atoms with E-state index in [2.05, 4.69) is 12.2 Å². The topological polar surface area (TPSA) is 72.8 Å². The number of nitrogens with one attached hydrogen (secondary N) is 1. The smallest absolute Gasteiger partial charge is 0.238 e. The van der Waals surface area contributed by atoms with Gasteiger partial charge in [0.15, 0.2) is 0 Å². The van der Waals surface area contributed by atoms with Crippen LogP contribution in [0.2, 0.25) is 0 Å². The second-order valence-electron chi connectivity index (χ2n) is 5.32. The van der Waals surface area contributed by atoms with Gasteiger partial charge in [-0.3, -0.25) is 9.69 Å². The first-order valence-electron chi connectivity index (χ1n) is 7.05. The third-order valence-corrected chi connectivity index (χ3v) is 3.48. The van der Waals surface area contributed by atoms with Gasteiger partial charge in [0.05, 0.1) is 18.8 Å². The van der Waals surface area contributed by atoms with Gasteiger partial charge in [-0.05, 0) is 24.1 Å². The molecule has 0 radical (unpaired) electrons. The summed E-state index contributed by atoms with van der Waals surface area (Å²) in [7, 11) is 0. The standard InChI is InChI=1S/C15H22N2O3/c1-2-3-11-4-6-12(7-5-11)16-15(20)10-17-8-13(18)14(19)9-17/h4-7,13-14,18-19H,2-3,8-10H2,1H3,(H,16,20). The number of rotatable bonds is 5. The van der Waals surface area contributed by atoms with Crippen molar-refractivity contribution in [1.82, 2.24) is 4.90 Å². The Morgan fingerprint density at radius 3 is 2.40 bits per heavy atom. The maximum atomic E-state index is 11.9. The summed E-state index contributed by atoms with van der Waals surface area (Å²) >= 11 is 0. The Labute approximate surface area is 119 Å². The lowest BCUT2D eigenvalue weighted by atomic mass is 10.1. The molecule has 0 saturated carbocycles. The Morgan fingerprint density at radius 1 is 1.25 bits per heavy atom. The Hall–Kier alpha value is -1.43. The minimum atomic E-state index is -0.754. The zero-order chi connectivity index (χ0) is 14.5. The quantitative estimate of drug-likeness (QED) is 0.738. The molecule has 0 aromatic heterocycles. The van der Waals surface area contributed by atoms with Crippen LogP contribution in [0, 0.1) is 0 Å². The number of β-amino-alcohol motifs (C(OH)–C–C–N with tert-alkyl or cyclic N) is 2. The molecule has 0 spiro atoms. The molecule has 1 aromatic rings. The highest BCUT2D eigenvalue weighted by molar-refractivity contribution is 5.92. The van der Waals surface area contributed by atoms with Gasteiger partial charge < -0.3 is 15.5 Å². The van der Waals surface area contributed by atoms with E-state index in [9.17, 15) is 15.0 Å². The molecule has 1 amide bonds.